The molecule has 0 aromatic rings. The molecule has 4 heavy (non-hydrogen) atoms. The topological polar surface area (TPSA) is 0 Å². The van der Waals surface area contributed by atoms with Crippen LogP contribution >= 0.6 is 8.53 Å². The van der Waals surface area contributed by atoms with Gasteiger partial charge in [-0.15, -0.1) is 8.53 Å². The van der Waals surface area contributed by atoms with Crippen molar-refractivity contribution in [1.29, 1.82) is 1.28 Å². The summed E-state index contributed by atoms with van der Waals surface area (Å²) in [5.41, 5.74) is 0. The van der Waals surface area contributed by atoms with Crippen LogP contribution in [-0.2, 0) is 0 Å². The summed E-state index contributed by atoms with van der Waals surface area (Å²) in [5.74, 6) is 0. The van der Waals surface area contributed by atoms with Gasteiger partial charge in [0.2, 0.25) is 0 Å². The summed E-state index contributed by atoms with van der Waals surface area (Å²) in [6.07, 6.45) is 0. The number of rotatable bonds is 1. The maximum Gasteiger partial charge on any atom is 0.0712 e. The van der Waals surface area contributed by atoms with Crippen molar-refractivity contribution in [2.45, 2.75) is 0 Å². The molecule has 0 bridgehead atoms. The van der Waals surface area contributed by atoms with Gasteiger partial charge in [-0.05, 0) is 6.66 Å². The van der Waals surface area contributed by atoms with Gasteiger partial charge in [0.25, 0.3) is 0 Å². The summed E-state index contributed by atoms with van der Waals surface area (Å²) in [4.78, 5) is 0. The van der Waals surface area contributed by atoms with E-state index in [1.54, 1.807) is 0 Å². The first-order valence-electron chi connectivity index (χ1n) is 1.62. The average Bonchev–Trinajstić information content (AvgIpc) is 1.38. The molecule has 0 rings (SSSR count). The van der Waals surface area contributed by atoms with Crippen molar-refractivity contribution in [3.05, 3.63) is 0 Å². The van der Waals surface area contributed by atoms with Gasteiger partial charge in [0.05, 0.1) is 9.12 Å². The molecule has 0 amide bonds. The molecular weight excluding hydrogens is 65.8 g/mol. The SMILES string of the molecule is [3H]P(C)C[B]. The molecule has 0 aliphatic rings. The van der Waals surface area contributed by atoms with Crippen LogP contribution in [0.1, 0.15) is 0 Å². The third-order valence-electron chi connectivity index (χ3n) is 0.183. The fourth-order valence-electron chi connectivity index (χ4n) is 0. The molecule has 0 aliphatic carbocycles. The van der Waals surface area contributed by atoms with E-state index in [1.165, 1.54) is 0 Å². The molecule has 22 valence electrons. The van der Waals surface area contributed by atoms with E-state index in [-0.39, 0.29) is 0 Å². The molecule has 2 heteroatoms. The largest absolute Gasteiger partial charge is 0.134 e. The molecule has 1 atom stereocenters. The summed E-state index contributed by atoms with van der Waals surface area (Å²) in [7, 11) is 4.44. The molecule has 0 N–H and O–H groups in total. The van der Waals surface area contributed by atoms with Crippen molar-refractivity contribution in [3.8, 4) is 0 Å². The highest BCUT2D eigenvalue weighted by Gasteiger charge is 1.55. The molecule has 0 saturated carbocycles. The van der Waals surface area contributed by atoms with Crippen LogP contribution in [0, 0.1) is 0 Å². The van der Waals surface area contributed by atoms with Gasteiger partial charge < -0.3 is 0 Å². The van der Waals surface area contributed by atoms with Gasteiger partial charge in [0.1, 0.15) is 0 Å². The number of hydrogen-bond donors (Lipinski definition) is 0. The Hall–Kier alpha value is 0.495. The lowest BCUT2D eigenvalue weighted by molar-refractivity contribution is 2.15. The lowest BCUT2D eigenvalue weighted by Gasteiger charge is -1.69. The Morgan fingerprint density at radius 3 is 2.75 bits per heavy atom. The second-order valence-corrected chi connectivity index (χ2v) is 1.50. The van der Waals surface area contributed by atoms with E-state index in [1.807, 2.05) is 6.66 Å². The van der Waals surface area contributed by atoms with Gasteiger partial charge in [0, 0.05) is 0 Å². The van der Waals surface area contributed by atoms with Crippen molar-refractivity contribution in [3.63, 3.8) is 0 Å². The Bertz CT molecular complexity index is 23.6. The Kier molecular flexibility index (Phi) is 2.37. The molecule has 0 aromatic carbocycles. The van der Waals surface area contributed by atoms with Crippen LogP contribution in [0.2, 0.25) is 0 Å². The molecule has 0 aromatic heterocycles. The smallest absolute Gasteiger partial charge is 0.0712 e. The molecular formula is C2H6BP. The van der Waals surface area contributed by atoms with Crippen LogP contribution in [0.15, 0.2) is 0 Å². The highest BCUT2D eigenvalue weighted by atomic mass is 31.1. The molecule has 2 radical (unpaired) electrons. The van der Waals surface area contributed by atoms with Crippen LogP contribution in [0.3, 0.4) is 0 Å². The van der Waals surface area contributed by atoms with Gasteiger partial charge in [-0.1, -0.05) is 6.06 Å². The lowest BCUT2D eigenvalue weighted by Crippen LogP contribution is -1.60. The molecule has 0 heterocycles. The Labute approximate surface area is 31.5 Å². The first-order valence-corrected chi connectivity index (χ1v) is 2.70. The van der Waals surface area contributed by atoms with Crippen molar-refractivity contribution < 1.29 is 0 Å². The summed E-state index contributed by atoms with van der Waals surface area (Å²) < 4.78 is 6.77. The van der Waals surface area contributed by atoms with E-state index in [0.29, 0.717) is 6.06 Å². The average molecular weight is 73.9 g/mol. The van der Waals surface area contributed by atoms with Crippen LogP contribution in [-0.4, -0.2) is 21.9 Å². The highest BCUT2D eigenvalue weighted by Crippen LogP contribution is 1.92. The molecule has 0 nitrogen and oxygen atoms in total. The van der Waals surface area contributed by atoms with E-state index in [2.05, 4.69) is 0 Å². The molecule has 0 saturated heterocycles. The minimum absolute atomic E-state index is 0.537. The van der Waals surface area contributed by atoms with E-state index < -0.39 is 8.53 Å². The van der Waals surface area contributed by atoms with E-state index in [4.69, 9.17) is 9.12 Å². The van der Waals surface area contributed by atoms with Gasteiger partial charge in [-0.2, -0.15) is 0 Å². The van der Waals surface area contributed by atoms with Gasteiger partial charge in [0.15, 0.2) is 0 Å². The van der Waals surface area contributed by atoms with E-state index in [9.17, 15) is 0 Å². The van der Waals surface area contributed by atoms with Gasteiger partial charge in [-0.3, -0.25) is 0 Å². The van der Waals surface area contributed by atoms with Crippen molar-refractivity contribution >= 4 is 16.4 Å². The standard InChI is InChI=1S/C2H6BP/c1-4-2-3/h4H,2H2,1H3/i4T. The quantitative estimate of drug-likeness (QED) is 0.312. The Morgan fingerprint density at radius 2 is 2.75 bits per heavy atom. The van der Waals surface area contributed by atoms with E-state index in [0.717, 1.165) is 0 Å². The third kappa shape index (κ3) is 2.49. The molecule has 1 unspecified atom stereocenters. The zero-order chi connectivity index (χ0) is 4.28. The summed E-state index contributed by atoms with van der Waals surface area (Å²) in [6, 6.07) is 0.537. The Morgan fingerprint density at radius 1 is 2.50 bits per heavy atom. The summed E-state index contributed by atoms with van der Waals surface area (Å²) in [5, 5.41) is 0. The maximum atomic E-state index is 6.77. The predicted octanol–water partition coefficient (Wildman–Crippen LogP) is 0.421. The van der Waals surface area contributed by atoms with Crippen molar-refractivity contribution in [2.75, 3.05) is 12.7 Å². The first kappa shape index (κ1) is 2.72. The van der Waals surface area contributed by atoms with Gasteiger partial charge >= 0.3 is 0 Å². The van der Waals surface area contributed by atoms with Crippen molar-refractivity contribution in [2.24, 2.45) is 0 Å². The minimum Gasteiger partial charge on any atom is -0.134 e. The molecule has 0 spiro atoms. The highest BCUT2D eigenvalue weighted by molar-refractivity contribution is 7.39. The van der Waals surface area contributed by atoms with Crippen LogP contribution in [0.25, 0.3) is 0 Å². The maximum absolute atomic E-state index is 6.77. The normalized spacial score (nSPS) is 18.8. The summed E-state index contributed by atoms with van der Waals surface area (Å²) >= 11 is 0. The minimum atomic E-state index is -0.570. The second kappa shape index (κ2) is 3.49. The van der Waals surface area contributed by atoms with Crippen LogP contribution in [0.5, 0.6) is 0 Å². The monoisotopic (exact) mass is 74.0 g/mol. The zero-order valence-corrected chi connectivity index (χ0v) is 3.63. The summed E-state index contributed by atoms with van der Waals surface area (Å²) in [6.45, 7) is 1.83. The fourth-order valence-corrected chi connectivity index (χ4v) is 0. The van der Waals surface area contributed by atoms with Gasteiger partial charge in [-0.25, -0.2) is 0 Å². The van der Waals surface area contributed by atoms with E-state index >= 15 is 0 Å². The predicted molar refractivity (Wildman–Crippen MR) is 24.9 cm³/mol. The Balaban J connectivity index is 2.54. The van der Waals surface area contributed by atoms with Crippen LogP contribution < -0.4 is 0 Å². The lowest BCUT2D eigenvalue weighted by atomic mass is 10.2. The third-order valence-corrected chi connectivity index (χ3v) is 0.548. The fraction of sp³-hybridized carbons (Fsp3) is 1.00. The van der Waals surface area contributed by atoms with Crippen LogP contribution in [0.4, 0.5) is 0 Å². The molecule has 0 fully saturated rings. The number of hydrogen-bond acceptors (Lipinski definition) is 0. The second-order valence-electron chi connectivity index (χ2n) is 0.499. The first-order chi connectivity index (χ1) is 2.27. The van der Waals surface area contributed by atoms with Crippen molar-refractivity contribution in [1.82, 2.24) is 0 Å². The molecule has 0 aliphatic heterocycles. The zero-order valence-electron chi connectivity index (χ0n) is 3.73.